The maximum Gasteiger partial charge on any atom is 0.472 e. The van der Waals surface area contributed by atoms with Crippen molar-refractivity contribution in [2.75, 3.05) is 54.1 Å². The quantitative estimate of drug-likeness (QED) is 0.0654. The summed E-state index contributed by atoms with van der Waals surface area (Å²) >= 11 is 0. The third kappa shape index (κ3) is 26.4. The summed E-state index contributed by atoms with van der Waals surface area (Å²) in [6, 6.07) is 0. The first-order valence-corrected chi connectivity index (χ1v) is 15.2. The van der Waals surface area contributed by atoms with Gasteiger partial charge in [0.1, 0.15) is 19.3 Å². The van der Waals surface area contributed by atoms with Crippen LogP contribution in [0.5, 0.6) is 0 Å². The summed E-state index contributed by atoms with van der Waals surface area (Å²) in [5.41, 5.74) is 0. The van der Waals surface area contributed by atoms with Crippen LogP contribution in [0.1, 0.15) is 104 Å². The Kier molecular flexibility index (Phi) is 21.3. The SMILES string of the molecule is CCCCCCCCCCCCCCCCOC[C@H](COP(=O)(O)OCC[N+](C)(C)[11CH3])OC(C)=O. The molecule has 0 fully saturated rings. The van der Waals surface area contributed by atoms with Crippen molar-refractivity contribution in [3.05, 3.63) is 0 Å². The lowest BCUT2D eigenvalue weighted by Gasteiger charge is -2.24. The van der Waals surface area contributed by atoms with Crippen LogP contribution in [-0.4, -0.2) is 75.6 Å². The molecule has 0 aromatic carbocycles. The van der Waals surface area contributed by atoms with Crippen molar-refractivity contribution >= 4 is 13.8 Å². The van der Waals surface area contributed by atoms with E-state index < -0.39 is 19.9 Å². The number of likely N-dealkylation sites (N-methyl/N-ethyl adjacent to an activating group) is 1. The van der Waals surface area contributed by atoms with Gasteiger partial charge in [-0.05, 0) is 6.42 Å². The second-order valence-corrected chi connectivity index (χ2v) is 12.0. The number of esters is 1. The minimum absolute atomic E-state index is 0.0884. The largest absolute Gasteiger partial charge is 0.472 e. The number of quaternary nitrogens is 1. The second kappa shape index (κ2) is 21.6. The Labute approximate surface area is 215 Å². The van der Waals surface area contributed by atoms with Gasteiger partial charge in [-0.3, -0.25) is 13.8 Å². The molecule has 1 unspecified atom stereocenters. The molecule has 8 nitrogen and oxygen atoms in total. The smallest absolute Gasteiger partial charge is 0.458 e. The number of carbonyl (C=O) groups excluding carboxylic acids is 1. The minimum Gasteiger partial charge on any atom is -0.458 e. The Hall–Kier alpha value is -0.500. The fraction of sp³-hybridized carbons (Fsp3) is 0.962. The lowest BCUT2D eigenvalue weighted by molar-refractivity contribution is -0.870. The molecule has 0 aliphatic rings. The predicted octanol–water partition coefficient (Wildman–Crippen LogP) is 6.26. The first kappa shape index (κ1) is 34.5. The van der Waals surface area contributed by atoms with Gasteiger partial charge >= 0.3 is 13.8 Å². The third-order valence-electron chi connectivity index (χ3n) is 5.72. The van der Waals surface area contributed by atoms with E-state index in [1.54, 1.807) is 0 Å². The summed E-state index contributed by atoms with van der Waals surface area (Å²) in [5, 5.41) is 0. The maximum absolute atomic E-state index is 12.0. The van der Waals surface area contributed by atoms with E-state index in [-0.39, 0.29) is 19.8 Å². The van der Waals surface area contributed by atoms with Gasteiger partial charge in [0.05, 0.1) is 34.4 Å². The highest BCUT2D eigenvalue weighted by molar-refractivity contribution is 7.47. The van der Waals surface area contributed by atoms with Crippen molar-refractivity contribution in [2.24, 2.45) is 0 Å². The summed E-state index contributed by atoms with van der Waals surface area (Å²) in [7, 11) is 1.66. The number of hydrogen-bond acceptors (Lipinski definition) is 6. The molecule has 0 bridgehead atoms. The number of phosphoric acid groups is 1. The zero-order valence-corrected chi connectivity index (χ0v) is 24.2. The van der Waals surface area contributed by atoms with Gasteiger partial charge in [0.15, 0.2) is 0 Å². The molecule has 0 radical (unpaired) electrons. The molecule has 0 amide bonds. The van der Waals surface area contributed by atoms with Gasteiger partial charge in [-0.2, -0.15) is 0 Å². The van der Waals surface area contributed by atoms with Crippen LogP contribution in [0.3, 0.4) is 0 Å². The van der Waals surface area contributed by atoms with Gasteiger partial charge in [0, 0.05) is 13.5 Å². The molecule has 0 aliphatic carbocycles. The standard InChI is InChI=1S/C26H54NO7P/c1-6-7-8-9-10-11-12-13-14-15-16-17-18-19-21-31-23-26(34-25(2)28)24-33-35(29,30)32-22-20-27(3,4)5/h26H,6-24H2,1-5H3/p+1/t26-/m1/s1/i3-1. The molecular weight excluding hydrogens is 468 g/mol. The number of rotatable bonds is 25. The molecule has 0 spiro atoms. The van der Waals surface area contributed by atoms with E-state index in [4.69, 9.17) is 18.5 Å². The zero-order valence-electron chi connectivity index (χ0n) is 23.3. The maximum atomic E-state index is 12.0. The van der Waals surface area contributed by atoms with Crippen LogP contribution in [0.15, 0.2) is 0 Å². The summed E-state index contributed by atoms with van der Waals surface area (Å²) in [6.07, 6.45) is 17.4. The van der Waals surface area contributed by atoms with E-state index in [1.807, 2.05) is 21.1 Å². The van der Waals surface area contributed by atoms with Crippen LogP contribution in [-0.2, 0) is 27.9 Å². The highest BCUT2D eigenvalue weighted by Crippen LogP contribution is 2.43. The number of unbranched alkanes of at least 4 members (excludes halogenated alkanes) is 13. The van der Waals surface area contributed by atoms with Crippen LogP contribution in [0, 0.1) is 0 Å². The van der Waals surface area contributed by atoms with Crippen LogP contribution < -0.4 is 0 Å². The molecule has 0 saturated carbocycles. The van der Waals surface area contributed by atoms with E-state index >= 15 is 0 Å². The number of ether oxygens (including phenoxy) is 2. The molecule has 0 aromatic rings. The third-order valence-corrected chi connectivity index (χ3v) is 6.70. The zero-order chi connectivity index (χ0) is 26.4. The average Bonchev–Trinajstić information content (AvgIpc) is 2.75. The molecule has 2 atom stereocenters. The minimum atomic E-state index is -4.21. The number of nitrogens with zero attached hydrogens (tertiary/aromatic N) is 1. The van der Waals surface area contributed by atoms with Crippen molar-refractivity contribution in [3.63, 3.8) is 0 Å². The van der Waals surface area contributed by atoms with Crippen LogP contribution in [0.4, 0.5) is 0 Å². The highest BCUT2D eigenvalue weighted by atomic mass is 31.2. The Morgan fingerprint density at radius 1 is 0.771 bits per heavy atom. The topological polar surface area (TPSA) is 91.3 Å². The van der Waals surface area contributed by atoms with E-state index in [2.05, 4.69) is 6.92 Å². The first-order chi connectivity index (χ1) is 16.6. The highest BCUT2D eigenvalue weighted by Gasteiger charge is 2.25. The van der Waals surface area contributed by atoms with Gasteiger partial charge in [0.25, 0.3) is 0 Å². The predicted molar refractivity (Wildman–Crippen MR) is 141 cm³/mol. The normalized spacial score (nSPS) is 14.6. The first-order valence-electron chi connectivity index (χ1n) is 13.7. The Balaban J connectivity index is 3.77. The lowest BCUT2D eigenvalue weighted by atomic mass is 10.0. The van der Waals surface area contributed by atoms with E-state index in [1.165, 1.54) is 84.0 Å². The monoisotopic (exact) mass is 523 g/mol. The number of phosphoric ester groups is 1. The van der Waals surface area contributed by atoms with Crippen LogP contribution in [0.25, 0.3) is 0 Å². The molecule has 0 saturated heterocycles. The average molecular weight is 524 g/mol. The fourth-order valence-corrected chi connectivity index (χ4v) is 4.35. The molecular formula is C26H55NO7P+. The Bertz CT molecular complexity index is 554. The fourth-order valence-electron chi connectivity index (χ4n) is 3.61. The van der Waals surface area contributed by atoms with Gasteiger partial charge in [-0.1, -0.05) is 90.4 Å². The number of hydrogen-bond donors (Lipinski definition) is 1. The summed E-state index contributed by atoms with van der Waals surface area (Å²) in [4.78, 5) is 21.2. The van der Waals surface area contributed by atoms with Crippen molar-refractivity contribution in [3.8, 4) is 0 Å². The second-order valence-electron chi connectivity index (χ2n) is 10.5. The molecule has 35 heavy (non-hydrogen) atoms. The molecule has 210 valence electrons. The summed E-state index contributed by atoms with van der Waals surface area (Å²) < 4.78 is 33.4. The van der Waals surface area contributed by atoms with Gasteiger partial charge in [-0.15, -0.1) is 0 Å². The lowest BCUT2D eigenvalue weighted by Crippen LogP contribution is -2.37. The van der Waals surface area contributed by atoms with Crippen molar-refractivity contribution in [1.82, 2.24) is 0 Å². The molecule has 1 N–H and O–H groups in total. The molecule has 0 heterocycles. The van der Waals surface area contributed by atoms with Crippen LogP contribution >= 0.6 is 7.82 Å². The Morgan fingerprint density at radius 3 is 1.71 bits per heavy atom. The van der Waals surface area contributed by atoms with Gasteiger partial charge < -0.3 is 18.9 Å². The Morgan fingerprint density at radius 2 is 1.26 bits per heavy atom. The van der Waals surface area contributed by atoms with E-state index in [0.29, 0.717) is 17.6 Å². The van der Waals surface area contributed by atoms with Crippen molar-refractivity contribution in [1.29, 1.82) is 0 Å². The molecule has 9 heteroatoms. The summed E-state index contributed by atoms with van der Waals surface area (Å²) in [5.74, 6) is -0.489. The van der Waals surface area contributed by atoms with E-state index in [9.17, 15) is 14.3 Å². The molecule has 0 rings (SSSR count). The summed E-state index contributed by atoms with van der Waals surface area (Å²) in [6.45, 7) is 4.63. The van der Waals surface area contributed by atoms with Crippen molar-refractivity contribution < 1.29 is 37.3 Å². The number of carbonyl (C=O) groups is 1. The van der Waals surface area contributed by atoms with E-state index in [0.717, 1.165) is 12.8 Å². The molecule has 0 aliphatic heterocycles. The van der Waals surface area contributed by atoms with Gasteiger partial charge in [-0.25, -0.2) is 4.57 Å². The van der Waals surface area contributed by atoms with Crippen molar-refractivity contribution in [2.45, 2.75) is 110 Å². The molecule has 0 aromatic heterocycles. The van der Waals surface area contributed by atoms with Crippen LogP contribution in [0.2, 0.25) is 0 Å². The van der Waals surface area contributed by atoms with Gasteiger partial charge in [0.2, 0.25) is 0 Å².